The summed E-state index contributed by atoms with van der Waals surface area (Å²) in [7, 11) is -4.06. The molecule has 0 spiro atoms. The van der Waals surface area contributed by atoms with Crippen molar-refractivity contribution in [1.29, 1.82) is 0 Å². The van der Waals surface area contributed by atoms with Gasteiger partial charge in [-0.25, -0.2) is 8.42 Å². The third-order valence-electron chi connectivity index (χ3n) is 5.86. The largest absolute Gasteiger partial charge is 0.354 e. The summed E-state index contributed by atoms with van der Waals surface area (Å²) in [5.74, 6) is -0.763. The van der Waals surface area contributed by atoms with Gasteiger partial charge in [0.2, 0.25) is 11.8 Å². The van der Waals surface area contributed by atoms with Crippen molar-refractivity contribution in [3.63, 3.8) is 0 Å². The SMILES string of the molecule is CCCNC(=O)C(CC)N(Cc1ccc(Cl)cc1)C(=O)CN(c1ccccc1)S(=O)(=O)c1ccccc1. The van der Waals surface area contributed by atoms with Crippen molar-refractivity contribution in [2.75, 3.05) is 17.4 Å². The second-order valence-electron chi connectivity index (χ2n) is 8.52. The Morgan fingerprint density at radius 3 is 2.05 bits per heavy atom. The number of carbonyl (C=O) groups is 2. The molecule has 7 nitrogen and oxygen atoms in total. The van der Waals surface area contributed by atoms with Gasteiger partial charge >= 0.3 is 0 Å². The van der Waals surface area contributed by atoms with Gasteiger partial charge in [-0.3, -0.25) is 13.9 Å². The molecule has 196 valence electrons. The smallest absolute Gasteiger partial charge is 0.264 e. The Bertz CT molecular complexity index is 1270. The molecule has 2 amide bonds. The average Bonchev–Trinajstić information content (AvgIpc) is 2.92. The number of amides is 2. The van der Waals surface area contributed by atoms with Crippen molar-refractivity contribution >= 4 is 39.1 Å². The van der Waals surface area contributed by atoms with Gasteiger partial charge in [0.1, 0.15) is 12.6 Å². The zero-order valence-corrected chi connectivity index (χ0v) is 22.6. The molecule has 0 saturated heterocycles. The molecule has 0 bridgehead atoms. The van der Waals surface area contributed by atoms with Crippen LogP contribution >= 0.6 is 11.6 Å². The lowest BCUT2D eigenvalue weighted by molar-refractivity contribution is -0.140. The van der Waals surface area contributed by atoms with Gasteiger partial charge in [0, 0.05) is 18.1 Å². The molecular formula is C28H32ClN3O4S. The Morgan fingerprint density at radius 1 is 0.892 bits per heavy atom. The summed E-state index contributed by atoms with van der Waals surface area (Å²) in [6, 6.07) is 22.7. The highest BCUT2D eigenvalue weighted by Crippen LogP contribution is 2.24. The van der Waals surface area contributed by atoms with E-state index in [9.17, 15) is 18.0 Å². The summed E-state index contributed by atoms with van der Waals surface area (Å²) in [5.41, 5.74) is 1.13. The first kappa shape index (κ1) is 28.2. The number of sulfonamides is 1. The minimum absolute atomic E-state index is 0.0728. The van der Waals surface area contributed by atoms with Crippen LogP contribution in [0, 0.1) is 0 Å². The van der Waals surface area contributed by atoms with Crippen LogP contribution < -0.4 is 9.62 Å². The summed E-state index contributed by atoms with van der Waals surface area (Å²) in [6.07, 6.45) is 1.12. The fourth-order valence-electron chi connectivity index (χ4n) is 3.91. The van der Waals surface area contributed by atoms with E-state index in [1.165, 1.54) is 17.0 Å². The van der Waals surface area contributed by atoms with Gasteiger partial charge in [0.15, 0.2) is 0 Å². The van der Waals surface area contributed by atoms with E-state index in [2.05, 4.69) is 5.32 Å². The summed E-state index contributed by atoms with van der Waals surface area (Å²) in [4.78, 5) is 28.4. The third kappa shape index (κ3) is 7.33. The molecule has 0 radical (unpaired) electrons. The maximum absolute atomic E-state index is 13.9. The first-order valence-corrected chi connectivity index (χ1v) is 14.0. The predicted molar refractivity (Wildman–Crippen MR) is 147 cm³/mol. The fraction of sp³-hybridized carbons (Fsp3) is 0.286. The van der Waals surface area contributed by atoms with Crippen LogP contribution in [0.3, 0.4) is 0 Å². The lowest BCUT2D eigenvalue weighted by Gasteiger charge is -2.33. The van der Waals surface area contributed by atoms with Crippen molar-refractivity contribution in [2.45, 2.75) is 44.2 Å². The molecule has 0 aliphatic heterocycles. The first-order valence-electron chi connectivity index (χ1n) is 12.2. The average molecular weight is 542 g/mol. The maximum atomic E-state index is 13.9. The Morgan fingerprint density at radius 2 is 1.49 bits per heavy atom. The quantitative estimate of drug-likeness (QED) is 0.354. The topological polar surface area (TPSA) is 86.8 Å². The number of hydrogen-bond acceptors (Lipinski definition) is 4. The molecule has 3 aromatic rings. The molecule has 0 aliphatic rings. The molecule has 1 unspecified atom stereocenters. The Balaban J connectivity index is 2.00. The predicted octanol–water partition coefficient (Wildman–Crippen LogP) is 4.87. The molecule has 0 fully saturated rings. The normalized spacial score (nSPS) is 12.0. The number of para-hydroxylation sites is 1. The van der Waals surface area contributed by atoms with Crippen LogP contribution in [0.4, 0.5) is 5.69 Å². The third-order valence-corrected chi connectivity index (χ3v) is 7.90. The number of halogens is 1. The van der Waals surface area contributed by atoms with Gasteiger partial charge in [-0.05, 0) is 54.8 Å². The van der Waals surface area contributed by atoms with E-state index in [1.807, 2.05) is 13.8 Å². The van der Waals surface area contributed by atoms with E-state index >= 15 is 0 Å². The number of anilines is 1. The van der Waals surface area contributed by atoms with E-state index in [4.69, 9.17) is 11.6 Å². The number of benzene rings is 3. The molecule has 9 heteroatoms. The summed E-state index contributed by atoms with van der Waals surface area (Å²) in [6.45, 7) is 3.92. The van der Waals surface area contributed by atoms with Gasteiger partial charge in [-0.15, -0.1) is 0 Å². The van der Waals surface area contributed by atoms with Crippen LogP contribution in [0.25, 0.3) is 0 Å². The standard InChI is InChI=1S/C28H32ClN3O4S/c1-3-19-30-28(34)26(4-2)31(20-22-15-17-23(29)18-16-22)27(33)21-32(24-11-7-5-8-12-24)37(35,36)25-13-9-6-10-14-25/h5-18,26H,3-4,19-21H2,1-2H3,(H,30,34). The minimum Gasteiger partial charge on any atom is -0.354 e. The zero-order chi connectivity index (χ0) is 26.8. The Labute approximate surface area is 224 Å². The van der Waals surface area contributed by atoms with E-state index in [-0.39, 0.29) is 17.3 Å². The van der Waals surface area contributed by atoms with Crippen molar-refractivity contribution in [2.24, 2.45) is 0 Å². The monoisotopic (exact) mass is 541 g/mol. The first-order chi connectivity index (χ1) is 17.8. The van der Waals surface area contributed by atoms with E-state index in [0.717, 1.165) is 16.3 Å². The van der Waals surface area contributed by atoms with Gasteiger partial charge in [0.05, 0.1) is 10.6 Å². The number of nitrogens with one attached hydrogen (secondary N) is 1. The van der Waals surface area contributed by atoms with Crippen LogP contribution in [-0.4, -0.2) is 44.3 Å². The van der Waals surface area contributed by atoms with Crippen LogP contribution in [0.15, 0.2) is 89.8 Å². The Kier molecular flexibility index (Phi) is 10.1. The molecule has 0 heterocycles. The molecule has 3 aromatic carbocycles. The molecule has 1 atom stereocenters. The van der Waals surface area contributed by atoms with Gasteiger partial charge in [-0.1, -0.05) is 74.0 Å². The fourth-order valence-corrected chi connectivity index (χ4v) is 5.48. The van der Waals surface area contributed by atoms with Crippen LogP contribution in [-0.2, 0) is 26.2 Å². The summed E-state index contributed by atoms with van der Waals surface area (Å²) < 4.78 is 28.4. The Hall–Kier alpha value is -3.36. The molecule has 0 saturated carbocycles. The zero-order valence-electron chi connectivity index (χ0n) is 21.0. The number of rotatable bonds is 12. The van der Waals surface area contributed by atoms with Crippen LogP contribution in [0.1, 0.15) is 32.3 Å². The number of hydrogen-bond donors (Lipinski definition) is 1. The number of nitrogens with zero attached hydrogens (tertiary/aromatic N) is 2. The van der Waals surface area contributed by atoms with E-state index in [1.54, 1.807) is 72.8 Å². The van der Waals surface area contributed by atoms with E-state index in [0.29, 0.717) is 23.7 Å². The van der Waals surface area contributed by atoms with Crippen molar-refractivity contribution < 1.29 is 18.0 Å². The van der Waals surface area contributed by atoms with Gasteiger partial charge in [0.25, 0.3) is 10.0 Å². The summed E-state index contributed by atoms with van der Waals surface area (Å²) >= 11 is 6.04. The number of carbonyl (C=O) groups excluding carboxylic acids is 2. The molecular weight excluding hydrogens is 510 g/mol. The summed E-state index contributed by atoms with van der Waals surface area (Å²) in [5, 5.41) is 3.42. The maximum Gasteiger partial charge on any atom is 0.264 e. The van der Waals surface area contributed by atoms with E-state index < -0.39 is 28.5 Å². The lowest BCUT2D eigenvalue weighted by atomic mass is 10.1. The van der Waals surface area contributed by atoms with Gasteiger partial charge in [-0.2, -0.15) is 0 Å². The van der Waals surface area contributed by atoms with Crippen molar-refractivity contribution in [3.8, 4) is 0 Å². The second kappa shape index (κ2) is 13.3. The lowest BCUT2D eigenvalue weighted by Crippen LogP contribution is -2.52. The molecule has 0 aromatic heterocycles. The van der Waals surface area contributed by atoms with Crippen LogP contribution in [0.2, 0.25) is 5.02 Å². The molecule has 37 heavy (non-hydrogen) atoms. The van der Waals surface area contributed by atoms with Crippen molar-refractivity contribution in [3.05, 3.63) is 95.5 Å². The highest BCUT2D eigenvalue weighted by molar-refractivity contribution is 7.92. The molecule has 1 N–H and O–H groups in total. The highest BCUT2D eigenvalue weighted by atomic mass is 35.5. The molecule has 0 aliphatic carbocycles. The highest BCUT2D eigenvalue weighted by Gasteiger charge is 2.33. The van der Waals surface area contributed by atoms with Gasteiger partial charge < -0.3 is 10.2 Å². The molecule has 3 rings (SSSR count). The van der Waals surface area contributed by atoms with Crippen LogP contribution in [0.5, 0.6) is 0 Å². The van der Waals surface area contributed by atoms with Crippen molar-refractivity contribution in [1.82, 2.24) is 10.2 Å². The minimum atomic E-state index is -4.06. The second-order valence-corrected chi connectivity index (χ2v) is 10.8.